The molecule has 140 valence electrons. The van der Waals surface area contributed by atoms with Gasteiger partial charge in [-0.25, -0.2) is 0 Å². The van der Waals surface area contributed by atoms with Crippen LogP contribution >= 0.6 is 12.6 Å². The number of aliphatic hydroxyl groups excluding tert-OH is 2. The Bertz CT molecular complexity index is 1050. The molecule has 4 rings (SSSR count). The van der Waals surface area contributed by atoms with E-state index in [9.17, 15) is 9.90 Å². The topological polar surface area (TPSA) is 82.5 Å². The van der Waals surface area contributed by atoms with E-state index in [4.69, 9.17) is 9.84 Å². The van der Waals surface area contributed by atoms with Gasteiger partial charge in [0.2, 0.25) is 0 Å². The summed E-state index contributed by atoms with van der Waals surface area (Å²) in [6.07, 6.45) is -0.939. The highest BCUT2D eigenvalue weighted by molar-refractivity contribution is 7.80. The van der Waals surface area contributed by atoms with Crippen LogP contribution in [0.5, 0.6) is 5.75 Å². The highest BCUT2D eigenvalue weighted by Gasteiger charge is 2.39. The molecule has 3 aromatic rings. The van der Waals surface area contributed by atoms with Crippen LogP contribution in [0.4, 0.5) is 0 Å². The quantitative estimate of drug-likeness (QED) is 0.522. The van der Waals surface area contributed by atoms with Gasteiger partial charge in [0.25, 0.3) is 0 Å². The third-order valence-corrected chi connectivity index (χ3v) is 5.47. The second-order valence-electron chi connectivity index (χ2n) is 7.41. The number of aromatic nitrogens is 1. The summed E-state index contributed by atoms with van der Waals surface area (Å²) < 4.78 is 5.57. The number of aliphatic hydroxyl groups is 2. The van der Waals surface area contributed by atoms with Crippen LogP contribution in [0.3, 0.4) is 0 Å². The molecule has 0 fully saturated rings. The van der Waals surface area contributed by atoms with Gasteiger partial charge in [0.1, 0.15) is 18.5 Å². The van der Waals surface area contributed by atoms with E-state index in [2.05, 4.69) is 31.5 Å². The largest absolute Gasteiger partial charge is 0.491 e. The number of thiol groups is 1. The van der Waals surface area contributed by atoms with Gasteiger partial charge in [-0.2, -0.15) is 0 Å². The van der Waals surface area contributed by atoms with E-state index in [1.165, 1.54) is 0 Å². The number of fused-ring (bicyclic) bond motifs is 4. The molecule has 0 amide bonds. The molecule has 1 aliphatic rings. The van der Waals surface area contributed by atoms with E-state index in [0.29, 0.717) is 16.9 Å². The monoisotopic (exact) mass is 383 g/mol. The van der Waals surface area contributed by atoms with Crippen molar-refractivity contribution < 1.29 is 19.7 Å². The number of rotatable bonds is 4. The van der Waals surface area contributed by atoms with Crippen LogP contribution in [0, 0.1) is 0 Å². The minimum absolute atomic E-state index is 0.00792. The van der Waals surface area contributed by atoms with Crippen LogP contribution in [-0.4, -0.2) is 40.3 Å². The molecule has 0 spiro atoms. The maximum atomic E-state index is 13.2. The maximum Gasteiger partial charge on any atom is 0.195 e. The van der Waals surface area contributed by atoms with Gasteiger partial charge in [-0.1, -0.05) is 19.9 Å². The lowest BCUT2D eigenvalue weighted by Crippen LogP contribution is -2.30. The molecule has 0 aliphatic heterocycles. The second-order valence-corrected chi connectivity index (χ2v) is 7.93. The third kappa shape index (κ3) is 2.84. The van der Waals surface area contributed by atoms with Crippen molar-refractivity contribution in [1.82, 2.24) is 4.98 Å². The number of hydrogen-bond acceptors (Lipinski definition) is 5. The van der Waals surface area contributed by atoms with Gasteiger partial charge in [0, 0.05) is 32.5 Å². The Labute approximate surface area is 162 Å². The fourth-order valence-corrected chi connectivity index (χ4v) is 3.94. The van der Waals surface area contributed by atoms with Gasteiger partial charge in [-0.05, 0) is 35.9 Å². The van der Waals surface area contributed by atoms with Crippen LogP contribution in [0.2, 0.25) is 0 Å². The van der Waals surface area contributed by atoms with Gasteiger partial charge in [0.15, 0.2) is 5.78 Å². The van der Waals surface area contributed by atoms with Gasteiger partial charge in [0.05, 0.1) is 12.2 Å². The molecule has 0 saturated heterocycles. The number of ether oxygens (including phenoxy) is 1. The first kappa shape index (κ1) is 18.1. The second kappa shape index (κ2) is 6.41. The third-order valence-electron chi connectivity index (χ3n) is 5.20. The lowest BCUT2D eigenvalue weighted by atomic mass is 9.71. The van der Waals surface area contributed by atoms with Gasteiger partial charge < -0.3 is 19.9 Å². The number of ketones is 1. The number of aromatic amines is 1. The summed E-state index contributed by atoms with van der Waals surface area (Å²) >= 11 is 4.39. The van der Waals surface area contributed by atoms with Crippen LogP contribution < -0.4 is 4.74 Å². The van der Waals surface area contributed by atoms with Crippen LogP contribution in [-0.2, 0) is 5.41 Å². The summed E-state index contributed by atoms with van der Waals surface area (Å²) in [5, 5.41) is 19.3. The fourth-order valence-electron chi connectivity index (χ4n) is 3.73. The zero-order valence-corrected chi connectivity index (χ0v) is 16.0. The Hall–Kier alpha value is -2.28. The number of nitrogens with one attached hydrogen (secondary N) is 1. The smallest absolute Gasteiger partial charge is 0.195 e. The summed E-state index contributed by atoms with van der Waals surface area (Å²) in [5.41, 5.74) is 3.57. The Morgan fingerprint density at radius 1 is 1.22 bits per heavy atom. The molecule has 1 atom stereocenters. The number of hydrogen-bond donors (Lipinski definition) is 4. The highest BCUT2D eigenvalue weighted by atomic mass is 32.1. The standard InChI is InChI=1S/C21H21NO4S/c1-21(2)16-7-12(26-10-11(24)9-23)3-5-14(16)19(25)18-15-6-4-13(27)8-17(15)22-20(18)21/h3-8,11,22-24,27H,9-10H2,1-2H3/t11-/m1/s1. The van der Waals surface area contributed by atoms with Crippen molar-refractivity contribution in [2.45, 2.75) is 30.3 Å². The number of carbonyl (C=O) groups is 1. The van der Waals surface area contributed by atoms with Crippen LogP contribution in [0.25, 0.3) is 10.9 Å². The molecule has 2 aromatic carbocycles. The van der Waals surface area contributed by atoms with Crippen molar-refractivity contribution in [1.29, 1.82) is 0 Å². The van der Waals surface area contributed by atoms with E-state index in [1.54, 1.807) is 12.1 Å². The van der Waals surface area contributed by atoms with Crippen molar-refractivity contribution in [2.75, 3.05) is 13.2 Å². The summed E-state index contributed by atoms with van der Waals surface area (Å²) in [4.78, 5) is 17.5. The first-order chi connectivity index (χ1) is 12.8. The molecular formula is C21H21NO4S. The lowest BCUT2D eigenvalue weighted by molar-refractivity contribution is 0.0535. The molecular weight excluding hydrogens is 362 g/mol. The van der Waals surface area contributed by atoms with Gasteiger partial charge in [-0.15, -0.1) is 12.6 Å². The molecule has 6 heteroatoms. The van der Waals surface area contributed by atoms with Crippen molar-refractivity contribution in [3.8, 4) is 5.75 Å². The number of H-pyrrole nitrogens is 1. The molecule has 0 radical (unpaired) electrons. The maximum absolute atomic E-state index is 13.2. The zero-order chi connectivity index (χ0) is 19.3. The molecule has 0 bridgehead atoms. The minimum atomic E-state index is -0.939. The molecule has 1 aromatic heterocycles. The Kier molecular flexibility index (Phi) is 4.29. The number of carbonyl (C=O) groups excluding carboxylic acids is 1. The van der Waals surface area contributed by atoms with Crippen LogP contribution in [0.1, 0.15) is 41.0 Å². The van der Waals surface area contributed by atoms with Crippen LogP contribution in [0.15, 0.2) is 41.3 Å². The fraction of sp³-hybridized carbons (Fsp3) is 0.286. The highest BCUT2D eigenvalue weighted by Crippen LogP contribution is 2.44. The van der Waals surface area contributed by atoms with Crippen molar-refractivity contribution in [3.05, 3.63) is 58.8 Å². The normalized spacial score (nSPS) is 16.1. The first-order valence-corrected chi connectivity index (χ1v) is 9.23. The molecule has 1 aliphatic carbocycles. The molecule has 5 nitrogen and oxygen atoms in total. The summed E-state index contributed by atoms with van der Waals surface area (Å²) in [5.74, 6) is 0.541. The average molecular weight is 383 g/mol. The Balaban J connectivity index is 1.83. The zero-order valence-electron chi connectivity index (χ0n) is 15.1. The summed E-state index contributed by atoms with van der Waals surface area (Å²) in [6.45, 7) is 3.77. The first-order valence-electron chi connectivity index (χ1n) is 8.79. The van der Waals surface area contributed by atoms with Crippen molar-refractivity contribution >= 4 is 29.3 Å². The van der Waals surface area contributed by atoms with E-state index in [0.717, 1.165) is 27.1 Å². The average Bonchev–Trinajstić information content (AvgIpc) is 3.04. The molecule has 27 heavy (non-hydrogen) atoms. The molecule has 0 unspecified atom stereocenters. The van der Waals surface area contributed by atoms with Gasteiger partial charge in [-0.3, -0.25) is 4.79 Å². The van der Waals surface area contributed by atoms with E-state index < -0.39 is 11.5 Å². The van der Waals surface area contributed by atoms with E-state index in [-0.39, 0.29) is 19.0 Å². The van der Waals surface area contributed by atoms with E-state index in [1.807, 2.05) is 24.3 Å². The predicted octanol–water partition coefficient (Wildman–Crippen LogP) is 3.06. The summed E-state index contributed by atoms with van der Waals surface area (Å²) in [6, 6.07) is 11.1. The molecule has 3 N–H and O–H groups in total. The Morgan fingerprint density at radius 2 is 2.00 bits per heavy atom. The molecule has 0 saturated carbocycles. The van der Waals surface area contributed by atoms with Crippen molar-refractivity contribution in [3.63, 3.8) is 0 Å². The SMILES string of the molecule is CC1(C)c2cc(OC[C@H](O)CO)ccc2C(=O)c2c1[nH]c1cc(S)ccc21. The molecule has 1 heterocycles. The lowest BCUT2D eigenvalue weighted by Gasteiger charge is -2.32. The van der Waals surface area contributed by atoms with E-state index >= 15 is 0 Å². The predicted molar refractivity (Wildman–Crippen MR) is 106 cm³/mol. The number of benzene rings is 2. The van der Waals surface area contributed by atoms with Crippen molar-refractivity contribution in [2.24, 2.45) is 0 Å². The van der Waals surface area contributed by atoms with Gasteiger partial charge >= 0.3 is 0 Å². The minimum Gasteiger partial charge on any atom is -0.491 e. The Morgan fingerprint density at radius 3 is 2.74 bits per heavy atom. The summed E-state index contributed by atoms with van der Waals surface area (Å²) in [7, 11) is 0.